The molecule has 2 aliphatic heterocycles. The van der Waals surface area contributed by atoms with Crippen LogP contribution in [0.15, 0.2) is 11.6 Å². The van der Waals surface area contributed by atoms with E-state index in [0.29, 0.717) is 5.92 Å². The number of esters is 1. The number of epoxide rings is 1. The summed E-state index contributed by atoms with van der Waals surface area (Å²) in [5.41, 5.74) is 1.80. The first-order chi connectivity index (χ1) is 13.1. The highest BCUT2D eigenvalue weighted by atomic mass is 16.6. The van der Waals surface area contributed by atoms with Crippen LogP contribution in [0.4, 0.5) is 0 Å². The van der Waals surface area contributed by atoms with Gasteiger partial charge in [-0.3, -0.25) is 4.79 Å². The Morgan fingerprint density at radius 1 is 1.30 bits per heavy atom. The first-order valence-corrected chi connectivity index (χ1v) is 11.3. The lowest BCUT2D eigenvalue weighted by molar-refractivity contribution is -0.146. The van der Waals surface area contributed by atoms with Crippen molar-refractivity contribution in [2.45, 2.75) is 89.4 Å². The standard InChI is InChI=1S/C23H35NO3/c1-15-7-6-11-22(2)13-18-19(20-23(15,22)27-20)17(21(25)26-18)14-24-12-10-16-8-4-3-5-9-16/h8,15,17-20,24H,3-7,9-14H2,1-2H3/t15-,17+,18-,19-,20+,22-,23+/m1/s1. The molecule has 7 atom stereocenters. The van der Waals surface area contributed by atoms with Crippen LogP contribution in [0.25, 0.3) is 0 Å². The summed E-state index contributed by atoms with van der Waals surface area (Å²) in [5, 5.41) is 3.57. The maximum atomic E-state index is 12.7. The van der Waals surface area contributed by atoms with Crippen molar-refractivity contribution >= 4 is 5.97 Å². The molecule has 1 spiro atoms. The van der Waals surface area contributed by atoms with E-state index < -0.39 is 0 Å². The smallest absolute Gasteiger partial charge is 0.311 e. The SMILES string of the molecule is C[C@@H]1CCC[C@]2(C)C[C@H]3OC(=O)[C@@H](CNCCC4=CCCCC4)[C@H]3[C@@H]3O[C@@]132. The van der Waals surface area contributed by atoms with Gasteiger partial charge in [-0.2, -0.15) is 0 Å². The van der Waals surface area contributed by atoms with Crippen molar-refractivity contribution < 1.29 is 14.3 Å². The van der Waals surface area contributed by atoms with Crippen molar-refractivity contribution in [3.8, 4) is 0 Å². The average molecular weight is 374 g/mol. The highest BCUT2D eigenvalue weighted by molar-refractivity contribution is 5.76. The van der Waals surface area contributed by atoms with Gasteiger partial charge < -0.3 is 14.8 Å². The number of allylic oxidation sites excluding steroid dienone is 1. The number of fused-ring (bicyclic) bond motifs is 2. The minimum absolute atomic E-state index is 0.00920. The highest BCUT2D eigenvalue weighted by Crippen LogP contribution is 2.70. The van der Waals surface area contributed by atoms with Gasteiger partial charge in [0.1, 0.15) is 11.7 Å². The number of carbonyl (C=O) groups is 1. The molecule has 5 rings (SSSR count). The van der Waals surface area contributed by atoms with Gasteiger partial charge in [0.15, 0.2) is 0 Å². The van der Waals surface area contributed by atoms with E-state index in [0.717, 1.165) is 25.9 Å². The minimum Gasteiger partial charge on any atom is -0.462 e. The van der Waals surface area contributed by atoms with Gasteiger partial charge >= 0.3 is 5.97 Å². The third-order valence-electron chi connectivity index (χ3n) is 8.57. The third kappa shape index (κ3) is 2.73. The van der Waals surface area contributed by atoms with Gasteiger partial charge in [-0.25, -0.2) is 0 Å². The molecule has 3 aliphatic carbocycles. The summed E-state index contributed by atoms with van der Waals surface area (Å²) in [5.74, 6) is 0.839. The fourth-order valence-electron chi connectivity index (χ4n) is 7.10. The molecule has 0 bridgehead atoms. The first-order valence-electron chi connectivity index (χ1n) is 11.3. The van der Waals surface area contributed by atoms with Crippen LogP contribution < -0.4 is 5.32 Å². The van der Waals surface area contributed by atoms with Crippen LogP contribution in [-0.4, -0.2) is 36.9 Å². The van der Waals surface area contributed by atoms with E-state index in [4.69, 9.17) is 9.47 Å². The second-order valence-electron chi connectivity index (χ2n) is 10.1. The highest BCUT2D eigenvalue weighted by Gasteiger charge is 2.78. The fourth-order valence-corrected chi connectivity index (χ4v) is 7.10. The number of rotatable bonds is 5. The summed E-state index contributed by atoms with van der Waals surface area (Å²) in [7, 11) is 0. The Kier molecular flexibility index (Phi) is 4.43. The monoisotopic (exact) mass is 373 g/mol. The second-order valence-corrected chi connectivity index (χ2v) is 10.1. The van der Waals surface area contributed by atoms with E-state index in [9.17, 15) is 4.79 Å². The molecule has 5 aliphatic rings. The molecule has 0 radical (unpaired) electrons. The lowest BCUT2D eigenvalue weighted by atomic mass is 9.53. The Morgan fingerprint density at radius 2 is 2.19 bits per heavy atom. The van der Waals surface area contributed by atoms with Crippen molar-refractivity contribution in [1.82, 2.24) is 5.32 Å². The lowest BCUT2D eigenvalue weighted by Gasteiger charge is -2.48. The molecule has 150 valence electrons. The maximum Gasteiger partial charge on any atom is 0.311 e. The largest absolute Gasteiger partial charge is 0.462 e. The zero-order valence-corrected chi connectivity index (χ0v) is 17.0. The lowest BCUT2D eigenvalue weighted by Crippen LogP contribution is -2.54. The Labute approximate surface area is 163 Å². The predicted octanol–water partition coefficient (Wildman–Crippen LogP) is 3.99. The first kappa shape index (κ1) is 18.2. The molecule has 4 fully saturated rings. The molecule has 0 aromatic carbocycles. The van der Waals surface area contributed by atoms with Crippen LogP contribution >= 0.6 is 0 Å². The van der Waals surface area contributed by atoms with E-state index >= 15 is 0 Å². The van der Waals surface area contributed by atoms with Crippen molar-refractivity contribution in [2.24, 2.45) is 23.2 Å². The van der Waals surface area contributed by atoms with Crippen LogP contribution in [0.1, 0.15) is 71.6 Å². The fraction of sp³-hybridized carbons (Fsp3) is 0.870. The molecule has 27 heavy (non-hydrogen) atoms. The number of carbonyl (C=O) groups excluding carboxylic acids is 1. The number of hydrogen-bond acceptors (Lipinski definition) is 4. The summed E-state index contributed by atoms with van der Waals surface area (Å²) in [6.07, 6.45) is 13.8. The van der Waals surface area contributed by atoms with E-state index in [-0.39, 0.29) is 41.0 Å². The summed E-state index contributed by atoms with van der Waals surface area (Å²) >= 11 is 0. The minimum atomic E-state index is -0.0293. The maximum absolute atomic E-state index is 12.7. The molecular formula is C23H35NO3. The van der Waals surface area contributed by atoms with Crippen molar-refractivity contribution in [3.05, 3.63) is 11.6 Å². The molecule has 0 aromatic heterocycles. The summed E-state index contributed by atoms with van der Waals surface area (Å²) in [4.78, 5) is 12.7. The molecule has 0 amide bonds. The van der Waals surface area contributed by atoms with Crippen molar-refractivity contribution in [1.29, 1.82) is 0 Å². The molecule has 4 nitrogen and oxygen atoms in total. The molecule has 1 N–H and O–H groups in total. The summed E-state index contributed by atoms with van der Waals surface area (Å²) in [6.45, 7) is 6.46. The van der Waals surface area contributed by atoms with Crippen LogP contribution in [0.3, 0.4) is 0 Å². The zero-order valence-electron chi connectivity index (χ0n) is 17.0. The van der Waals surface area contributed by atoms with Gasteiger partial charge in [0, 0.05) is 17.9 Å². The van der Waals surface area contributed by atoms with Crippen molar-refractivity contribution in [3.63, 3.8) is 0 Å². The Bertz CT molecular complexity index is 646. The van der Waals surface area contributed by atoms with Crippen LogP contribution in [0.5, 0.6) is 0 Å². The van der Waals surface area contributed by atoms with E-state index in [1.165, 1.54) is 44.9 Å². The van der Waals surface area contributed by atoms with Gasteiger partial charge in [0.2, 0.25) is 0 Å². The van der Waals surface area contributed by atoms with Crippen LogP contribution in [0.2, 0.25) is 0 Å². The van der Waals surface area contributed by atoms with Gasteiger partial charge in [-0.15, -0.1) is 0 Å². The predicted molar refractivity (Wildman–Crippen MR) is 104 cm³/mol. The van der Waals surface area contributed by atoms with Gasteiger partial charge in [-0.1, -0.05) is 31.9 Å². The van der Waals surface area contributed by atoms with Gasteiger partial charge in [0.25, 0.3) is 0 Å². The third-order valence-corrected chi connectivity index (χ3v) is 8.57. The molecule has 4 heteroatoms. The normalized spacial score (nSPS) is 48.1. The van der Waals surface area contributed by atoms with E-state index in [1.807, 2.05) is 0 Å². The van der Waals surface area contributed by atoms with E-state index in [2.05, 4.69) is 25.2 Å². The van der Waals surface area contributed by atoms with Crippen molar-refractivity contribution in [2.75, 3.05) is 13.1 Å². The van der Waals surface area contributed by atoms with E-state index in [1.54, 1.807) is 5.57 Å². The molecule has 2 saturated heterocycles. The Morgan fingerprint density at radius 3 is 3.00 bits per heavy atom. The summed E-state index contributed by atoms with van der Waals surface area (Å²) in [6, 6.07) is 0. The zero-order chi connectivity index (χ0) is 18.6. The average Bonchev–Trinajstić information content (AvgIpc) is 3.34. The van der Waals surface area contributed by atoms with Crippen LogP contribution in [0, 0.1) is 23.2 Å². The molecule has 2 saturated carbocycles. The quantitative estimate of drug-likeness (QED) is 0.343. The number of hydrogen-bond donors (Lipinski definition) is 1. The number of nitrogens with one attached hydrogen (secondary N) is 1. The van der Waals surface area contributed by atoms with Crippen LogP contribution in [-0.2, 0) is 14.3 Å². The molecule has 0 aromatic rings. The topological polar surface area (TPSA) is 50.9 Å². The summed E-state index contributed by atoms with van der Waals surface area (Å²) < 4.78 is 12.4. The molecule has 2 heterocycles. The number of ether oxygens (including phenoxy) is 2. The second kappa shape index (κ2) is 6.59. The Hall–Kier alpha value is -0.870. The molecular weight excluding hydrogens is 338 g/mol. The van der Waals surface area contributed by atoms with Gasteiger partial charge in [0.05, 0.1) is 12.0 Å². The Balaban J connectivity index is 1.23. The van der Waals surface area contributed by atoms with Gasteiger partial charge in [-0.05, 0) is 63.8 Å². The molecule has 0 unspecified atom stereocenters.